The maximum Gasteiger partial charge on any atom is 0.251 e. The fraction of sp³-hybridized carbons (Fsp3) is 0.286. The molecule has 0 aliphatic heterocycles. The Morgan fingerprint density at radius 2 is 2.26 bits per heavy atom. The maximum absolute atomic E-state index is 12.0. The molecule has 0 saturated carbocycles. The lowest BCUT2D eigenvalue weighted by atomic mass is 10.2. The fourth-order valence-electron chi connectivity index (χ4n) is 1.76. The molecular formula is C14H17N3O2. The number of hydrogen-bond donors (Lipinski definition) is 1. The van der Waals surface area contributed by atoms with Crippen LogP contribution in [0, 0.1) is 6.92 Å². The molecule has 1 aromatic heterocycles. The fourth-order valence-corrected chi connectivity index (χ4v) is 1.76. The van der Waals surface area contributed by atoms with Gasteiger partial charge in [0.05, 0.1) is 13.3 Å². The minimum atomic E-state index is -0.123. The number of nitrogens with zero attached hydrogens (tertiary/aromatic N) is 2. The zero-order valence-electron chi connectivity index (χ0n) is 11.3. The Balaban J connectivity index is 2.03. The van der Waals surface area contributed by atoms with E-state index in [1.807, 2.05) is 20.0 Å². The third-order valence-electron chi connectivity index (χ3n) is 3.11. The van der Waals surface area contributed by atoms with Gasteiger partial charge in [-0.2, -0.15) is 5.10 Å². The first-order chi connectivity index (χ1) is 9.11. The lowest BCUT2D eigenvalue weighted by molar-refractivity contribution is 0.0950. The third-order valence-corrected chi connectivity index (χ3v) is 3.11. The molecule has 2 aromatic rings. The second kappa shape index (κ2) is 5.56. The van der Waals surface area contributed by atoms with Crippen molar-refractivity contribution in [3.05, 3.63) is 47.3 Å². The second-order valence-corrected chi connectivity index (χ2v) is 4.29. The lowest BCUT2D eigenvalue weighted by Gasteiger charge is -2.06. The van der Waals surface area contributed by atoms with Gasteiger partial charge in [0.15, 0.2) is 0 Å². The largest absolute Gasteiger partial charge is 0.497 e. The van der Waals surface area contributed by atoms with Crippen LogP contribution in [0.5, 0.6) is 5.75 Å². The summed E-state index contributed by atoms with van der Waals surface area (Å²) in [6.07, 6.45) is 1.77. The first-order valence-electron chi connectivity index (χ1n) is 6.01. The number of rotatable bonds is 4. The predicted octanol–water partition coefficient (Wildman–Crippen LogP) is 1.67. The average molecular weight is 259 g/mol. The van der Waals surface area contributed by atoms with Gasteiger partial charge in [-0.1, -0.05) is 6.07 Å². The van der Waals surface area contributed by atoms with Gasteiger partial charge in [-0.05, 0) is 25.1 Å². The Morgan fingerprint density at radius 3 is 2.89 bits per heavy atom. The molecule has 0 atom stereocenters. The Morgan fingerprint density at radius 1 is 1.47 bits per heavy atom. The highest BCUT2D eigenvalue weighted by molar-refractivity contribution is 5.94. The molecule has 1 N–H and O–H groups in total. The van der Waals surface area contributed by atoms with E-state index in [1.54, 1.807) is 36.2 Å². The van der Waals surface area contributed by atoms with Crippen molar-refractivity contribution in [2.24, 2.45) is 7.05 Å². The molecule has 0 aliphatic carbocycles. The number of hydrogen-bond acceptors (Lipinski definition) is 3. The van der Waals surface area contributed by atoms with Crippen molar-refractivity contribution in [2.45, 2.75) is 13.5 Å². The summed E-state index contributed by atoms with van der Waals surface area (Å²) in [7, 11) is 3.46. The van der Waals surface area contributed by atoms with E-state index in [9.17, 15) is 4.79 Å². The molecule has 1 heterocycles. The van der Waals surface area contributed by atoms with Crippen LogP contribution in [-0.2, 0) is 13.6 Å². The van der Waals surface area contributed by atoms with Crippen LogP contribution < -0.4 is 10.1 Å². The van der Waals surface area contributed by atoms with Gasteiger partial charge in [0.25, 0.3) is 5.91 Å². The summed E-state index contributed by atoms with van der Waals surface area (Å²) < 4.78 is 6.88. The van der Waals surface area contributed by atoms with Gasteiger partial charge < -0.3 is 10.1 Å². The van der Waals surface area contributed by atoms with Gasteiger partial charge in [0, 0.05) is 30.4 Å². The number of aryl methyl sites for hydroxylation is 1. The molecule has 5 nitrogen and oxygen atoms in total. The van der Waals surface area contributed by atoms with Gasteiger partial charge in [-0.15, -0.1) is 0 Å². The van der Waals surface area contributed by atoms with Gasteiger partial charge in [0.1, 0.15) is 5.75 Å². The molecule has 0 saturated heterocycles. The van der Waals surface area contributed by atoms with E-state index in [-0.39, 0.29) is 5.91 Å². The van der Waals surface area contributed by atoms with Crippen LogP contribution in [0.2, 0.25) is 0 Å². The highest BCUT2D eigenvalue weighted by Gasteiger charge is 2.08. The summed E-state index contributed by atoms with van der Waals surface area (Å²) in [5.41, 5.74) is 2.64. The molecule has 100 valence electrons. The normalized spacial score (nSPS) is 10.3. The molecule has 0 radical (unpaired) electrons. The number of methoxy groups -OCH3 is 1. The van der Waals surface area contributed by atoms with Crippen LogP contribution in [-0.4, -0.2) is 22.8 Å². The number of nitrogens with one attached hydrogen (secondary N) is 1. The summed E-state index contributed by atoms with van der Waals surface area (Å²) in [5.74, 6) is 0.548. The Kier molecular flexibility index (Phi) is 3.85. The SMILES string of the molecule is COc1cccc(C(=O)NCc2cnn(C)c2C)c1. The van der Waals surface area contributed by atoms with E-state index < -0.39 is 0 Å². The molecule has 19 heavy (non-hydrogen) atoms. The van der Waals surface area contributed by atoms with Crippen LogP contribution >= 0.6 is 0 Å². The van der Waals surface area contributed by atoms with Gasteiger partial charge >= 0.3 is 0 Å². The predicted molar refractivity (Wildman–Crippen MR) is 72.1 cm³/mol. The summed E-state index contributed by atoms with van der Waals surface area (Å²) in [5, 5.41) is 7.01. The van der Waals surface area contributed by atoms with Crippen molar-refractivity contribution in [1.82, 2.24) is 15.1 Å². The van der Waals surface area contributed by atoms with Crippen LogP contribution in [0.4, 0.5) is 0 Å². The molecule has 0 bridgehead atoms. The number of aromatic nitrogens is 2. The molecule has 1 amide bonds. The van der Waals surface area contributed by atoms with Crippen molar-refractivity contribution in [3.63, 3.8) is 0 Å². The Labute approximate surface area is 112 Å². The molecule has 0 aliphatic rings. The van der Waals surface area contributed by atoms with Crippen LogP contribution in [0.1, 0.15) is 21.6 Å². The first kappa shape index (κ1) is 13.1. The number of amides is 1. The number of carbonyl (C=O) groups excluding carboxylic acids is 1. The highest BCUT2D eigenvalue weighted by atomic mass is 16.5. The second-order valence-electron chi connectivity index (χ2n) is 4.29. The van der Waals surface area contributed by atoms with Crippen molar-refractivity contribution in [3.8, 4) is 5.75 Å². The summed E-state index contributed by atoms with van der Waals surface area (Å²) >= 11 is 0. The minimum absolute atomic E-state index is 0.123. The van der Waals surface area contributed by atoms with Crippen LogP contribution in [0.15, 0.2) is 30.5 Å². The quantitative estimate of drug-likeness (QED) is 0.908. The van der Waals surface area contributed by atoms with Gasteiger partial charge in [0.2, 0.25) is 0 Å². The van der Waals surface area contributed by atoms with Crippen LogP contribution in [0.25, 0.3) is 0 Å². The number of ether oxygens (including phenoxy) is 1. The topological polar surface area (TPSA) is 56.1 Å². The van der Waals surface area contributed by atoms with E-state index in [2.05, 4.69) is 10.4 Å². The van der Waals surface area contributed by atoms with Gasteiger partial charge in [-0.25, -0.2) is 0 Å². The molecule has 1 aromatic carbocycles. The molecule has 0 spiro atoms. The van der Waals surface area contributed by atoms with Crippen molar-refractivity contribution in [1.29, 1.82) is 0 Å². The van der Waals surface area contributed by atoms with Crippen molar-refractivity contribution < 1.29 is 9.53 Å². The zero-order valence-corrected chi connectivity index (χ0v) is 11.3. The monoisotopic (exact) mass is 259 g/mol. The molecular weight excluding hydrogens is 242 g/mol. The lowest BCUT2D eigenvalue weighted by Crippen LogP contribution is -2.23. The summed E-state index contributed by atoms with van der Waals surface area (Å²) in [6.45, 7) is 2.44. The standard InChI is InChI=1S/C14H17N3O2/c1-10-12(9-16-17(10)2)8-15-14(18)11-5-4-6-13(7-11)19-3/h4-7,9H,8H2,1-3H3,(H,15,18). The van der Waals surface area contributed by atoms with E-state index in [4.69, 9.17) is 4.74 Å². The Bertz CT molecular complexity index is 590. The van der Waals surface area contributed by atoms with E-state index in [0.29, 0.717) is 17.9 Å². The average Bonchev–Trinajstić information content (AvgIpc) is 2.76. The first-order valence-corrected chi connectivity index (χ1v) is 6.01. The number of benzene rings is 1. The molecule has 0 fully saturated rings. The maximum atomic E-state index is 12.0. The molecule has 2 rings (SSSR count). The zero-order chi connectivity index (χ0) is 13.8. The van der Waals surface area contributed by atoms with E-state index >= 15 is 0 Å². The molecule has 5 heteroatoms. The van der Waals surface area contributed by atoms with E-state index in [0.717, 1.165) is 11.3 Å². The summed E-state index contributed by atoms with van der Waals surface area (Å²) in [6, 6.07) is 7.07. The van der Waals surface area contributed by atoms with Gasteiger partial charge in [-0.3, -0.25) is 9.48 Å². The van der Waals surface area contributed by atoms with E-state index in [1.165, 1.54) is 0 Å². The highest BCUT2D eigenvalue weighted by Crippen LogP contribution is 2.12. The smallest absolute Gasteiger partial charge is 0.251 e. The molecule has 0 unspecified atom stereocenters. The number of carbonyl (C=O) groups is 1. The van der Waals surface area contributed by atoms with Crippen LogP contribution in [0.3, 0.4) is 0 Å². The summed E-state index contributed by atoms with van der Waals surface area (Å²) in [4.78, 5) is 12.0. The Hall–Kier alpha value is -2.30. The van der Waals surface area contributed by atoms with Crippen molar-refractivity contribution in [2.75, 3.05) is 7.11 Å². The third kappa shape index (κ3) is 2.93. The van der Waals surface area contributed by atoms with Crippen molar-refractivity contribution >= 4 is 5.91 Å². The minimum Gasteiger partial charge on any atom is -0.497 e.